The standard InChI is InChI=1S/C15H27N7O2/c1-11-18-14-12(6-5-8-22(14)20-11)19-15(16-7-9-24-4)17-10-13(23)21(2)3/h12H,5-10H2,1-4H3,(H2,16,17,19). The number of nitrogens with one attached hydrogen (secondary N) is 2. The van der Waals surface area contributed by atoms with Crippen molar-refractivity contribution in [3.63, 3.8) is 0 Å². The van der Waals surface area contributed by atoms with Crippen LogP contribution in [0.2, 0.25) is 0 Å². The van der Waals surface area contributed by atoms with Crippen LogP contribution in [-0.2, 0) is 16.1 Å². The minimum Gasteiger partial charge on any atom is -0.383 e. The molecule has 2 N–H and O–H groups in total. The zero-order valence-corrected chi connectivity index (χ0v) is 14.9. The van der Waals surface area contributed by atoms with Crippen molar-refractivity contribution >= 4 is 11.9 Å². The molecule has 1 aromatic rings. The Bertz CT molecular complexity index is 582. The van der Waals surface area contributed by atoms with Gasteiger partial charge in [-0.05, 0) is 19.8 Å². The third-order valence-corrected chi connectivity index (χ3v) is 3.76. The number of carbonyl (C=O) groups is 1. The van der Waals surface area contributed by atoms with Gasteiger partial charge in [0, 0.05) is 34.3 Å². The van der Waals surface area contributed by atoms with Crippen molar-refractivity contribution < 1.29 is 9.53 Å². The number of aryl methyl sites for hydroxylation is 2. The van der Waals surface area contributed by atoms with Crippen LogP contribution in [0.3, 0.4) is 0 Å². The Hall–Kier alpha value is -2.16. The molecular weight excluding hydrogens is 310 g/mol. The lowest BCUT2D eigenvalue weighted by atomic mass is 10.1. The summed E-state index contributed by atoms with van der Waals surface area (Å²) in [6.07, 6.45) is 1.97. The van der Waals surface area contributed by atoms with Crippen LogP contribution in [-0.4, -0.2) is 72.4 Å². The molecule has 9 heteroatoms. The summed E-state index contributed by atoms with van der Waals surface area (Å²) in [4.78, 5) is 22.2. The number of methoxy groups -OCH3 is 1. The van der Waals surface area contributed by atoms with Crippen molar-refractivity contribution in [1.29, 1.82) is 0 Å². The molecule has 1 atom stereocenters. The van der Waals surface area contributed by atoms with Crippen LogP contribution in [0.4, 0.5) is 0 Å². The summed E-state index contributed by atoms with van der Waals surface area (Å²) in [5.41, 5.74) is 0. The fourth-order valence-electron chi connectivity index (χ4n) is 2.48. The Morgan fingerprint density at radius 3 is 3.00 bits per heavy atom. The minimum absolute atomic E-state index is 0.0307. The van der Waals surface area contributed by atoms with E-state index >= 15 is 0 Å². The van der Waals surface area contributed by atoms with Crippen molar-refractivity contribution in [1.82, 2.24) is 30.3 Å². The number of ether oxygens (including phenoxy) is 1. The molecule has 24 heavy (non-hydrogen) atoms. The SMILES string of the molecule is COCCNC(=NCC(=O)N(C)C)NC1CCCn2nc(C)nc21. The summed E-state index contributed by atoms with van der Waals surface area (Å²) in [5, 5.41) is 11.0. The predicted molar refractivity (Wildman–Crippen MR) is 90.7 cm³/mol. The van der Waals surface area contributed by atoms with Crippen molar-refractivity contribution in [2.24, 2.45) is 4.99 Å². The molecule has 0 aliphatic carbocycles. The van der Waals surface area contributed by atoms with Gasteiger partial charge in [0.2, 0.25) is 5.91 Å². The van der Waals surface area contributed by atoms with Gasteiger partial charge < -0.3 is 20.3 Å². The smallest absolute Gasteiger partial charge is 0.243 e. The molecule has 0 radical (unpaired) electrons. The van der Waals surface area contributed by atoms with Crippen molar-refractivity contribution in [3.05, 3.63) is 11.6 Å². The topological polar surface area (TPSA) is 96.7 Å². The normalized spacial score (nSPS) is 17.3. The monoisotopic (exact) mass is 337 g/mol. The number of fused-ring (bicyclic) bond motifs is 1. The van der Waals surface area contributed by atoms with Crippen molar-refractivity contribution in [2.45, 2.75) is 32.4 Å². The zero-order valence-electron chi connectivity index (χ0n) is 14.9. The van der Waals surface area contributed by atoms with Crippen LogP contribution in [0.1, 0.15) is 30.5 Å². The van der Waals surface area contributed by atoms with E-state index in [9.17, 15) is 4.79 Å². The molecule has 9 nitrogen and oxygen atoms in total. The first-order valence-corrected chi connectivity index (χ1v) is 8.16. The number of aliphatic imine (C=N–C) groups is 1. The highest BCUT2D eigenvalue weighted by atomic mass is 16.5. The van der Waals surface area contributed by atoms with Gasteiger partial charge in [0.05, 0.1) is 12.6 Å². The number of likely N-dealkylation sites (N-methyl/N-ethyl adjacent to an activating group) is 1. The first-order chi connectivity index (χ1) is 11.5. The Morgan fingerprint density at radius 1 is 1.50 bits per heavy atom. The summed E-state index contributed by atoms with van der Waals surface area (Å²) in [6.45, 7) is 4.04. The van der Waals surface area contributed by atoms with E-state index in [0.29, 0.717) is 19.1 Å². The molecule has 0 saturated heterocycles. The van der Waals surface area contributed by atoms with Gasteiger partial charge in [0.1, 0.15) is 18.2 Å². The van der Waals surface area contributed by atoms with E-state index < -0.39 is 0 Å². The number of hydrogen-bond donors (Lipinski definition) is 2. The molecule has 0 spiro atoms. The minimum atomic E-state index is -0.0505. The highest BCUT2D eigenvalue weighted by molar-refractivity contribution is 5.85. The van der Waals surface area contributed by atoms with Crippen LogP contribution in [0.15, 0.2) is 4.99 Å². The number of guanidine groups is 1. The molecule has 1 unspecified atom stereocenters. The highest BCUT2D eigenvalue weighted by Crippen LogP contribution is 2.22. The van der Waals surface area contributed by atoms with Crippen LogP contribution in [0, 0.1) is 6.92 Å². The first kappa shape index (κ1) is 18.2. The molecule has 0 fully saturated rings. The highest BCUT2D eigenvalue weighted by Gasteiger charge is 2.24. The summed E-state index contributed by atoms with van der Waals surface area (Å²) in [5.74, 6) is 2.22. The van der Waals surface area contributed by atoms with E-state index in [1.807, 2.05) is 11.6 Å². The molecule has 0 bridgehead atoms. The average Bonchev–Trinajstić information content (AvgIpc) is 2.93. The summed E-state index contributed by atoms with van der Waals surface area (Å²) >= 11 is 0. The lowest BCUT2D eigenvalue weighted by Crippen LogP contribution is -2.43. The second-order valence-electron chi connectivity index (χ2n) is 5.95. The third-order valence-electron chi connectivity index (χ3n) is 3.76. The molecule has 1 aromatic heterocycles. The van der Waals surface area contributed by atoms with Gasteiger partial charge in [0.15, 0.2) is 5.96 Å². The van der Waals surface area contributed by atoms with Crippen LogP contribution in [0.25, 0.3) is 0 Å². The summed E-state index contributed by atoms with van der Waals surface area (Å²) in [6, 6.07) is 0.0307. The second kappa shape index (κ2) is 8.62. The lowest BCUT2D eigenvalue weighted by Gasteiger charge is -2.25. The average molecular weight is 337 g/mol. The maximum atomic E-state index is 11.8. The fourth-order valence-corrected chi connectivity index (χ4v) is 2.48. The zero-order chi connectivity index (χ0) is 17.5. The maximum absolute atomic E-state index is 11.8. The number of aromatic nitrogens is 3. The molecule has 1 amide bonds. The number of nitrogens with zero attached hydrogens (tertiary/aromatic N) is 5. The predicted octanol–water partition coefficient (Wildman–Crippen LogP) is -0.309. The van der Waals surface area contributed by atoms with E-state index in [-0.39, 0.29) is 18.5 Å². The van der Waals surface area contributed by atoms with Crippen LogP contribution < -0.4 is 10.6 Å². The first-order valence-electron chi connectivity index (χ1n) is 8.16. The number of hydrogen-bond acceptors (Lipinski definition) is 5. The Kier molecular flexibility index (Phi) is 6.53. The molecule has 0 saturated carbocycles. The third kappa shape index (κ3) is 4.92. The van der Waals surface area contributed by atoms with Crippen molar-refractivity contribution in [2.75, 3.05) is 40.9 Å². The van der Waals surface area contributed by atoms with Crippen LogP contribution >= 0.6 is 0 Å². The molecule has 2 heterocycles. The lowest BCUT2D eigenvalue weighted by molar-refractivity contribution is -0.127. The van der Waals surface area contributed by atoms with E-state index in [0.717, 1.165) is 31.0 Å². The molecule has 1 aliphatic heterocycles. The molecular formula is C15H27N7O2. The Balaban J connectivity index is 2.07. The van der Waals surface area contributed by atoms with E-state index in [1.165, 1.54) is 4.90 Å². The number of rotatable bonds is 6. The van der Waals surface area contributed by atoms with Gasteiger partial charge in [-0.15, -0.1) is 0 Å². The number of amides is 1. The quantitative estimate of drug-likeness (QED) is 0.420. The van der Waals surface area contributed by atoms with Gasteiger partial charge in [-0.3, -0.25) is 4.79 Å². The maximum Gasteiger partial charge on any atom is 0.243 e. The summed E-state index contributed by atoms with van der Waals surface area (Å²) in [7, 11) is 5.08. The number of carbonyl (C=O) groups excluding carboxylic acids is 1. The van der Waals surface area contributed by atoms with Gasteiger partial charge in [0.25, 0.3) is 0 Å². The Morgan fingerprint density at radius 2 is 2.29 bits per heavy atom. The van der Waals surface area contributed by atoms with Crippen molar-refractivity contribution in [3.8, 4) is 0 Å². The van der Waals surface area contributed by atoms with Gasteiger partial charge in [-0.25, -0.2) is 14.7 Å². The van der Waals surface area contributed by atoms with E-state index in [2.05, 4.69) is 25.7 Å². The largest absolute Gasteiger partial charge is 0.383 e. The molecule has 0 aromatic carbocycles. The van der Waals surface area contributed by atoms with Crippen LogP contribution in [0.5, 0.6) is 0 Å². The van der Waals surface area contributed by atoms with E-state index in [4.69, 9.17) is 4.74 Å². The molecule has 1 aliphatic rings. The van der Waals surface area contributed by atoms with Gasteiger partial charge in [-0.2, -0.15) is 5.10 Å². The fraction of sp³-hybridized carbons (Fsp3) is 0.733. The summed E-state index contributed by atoms with van der Waals surface area (Å²) < 4.78 is 7.00. The Labute approximate surface area is 142 Å². The van der Waals surface area contributed by atoms with E-state index in [1.54, 1.807) is 21.2 Å². The van der Waals surface area contributed by atoms with Gasteiger partial charge >= 0.3 is 0 Å². The molecule has 2 rings (SSSR count). The van der Waals surface area contributed by atoms with Gasteiger partial charge in [-0.1, -0.05) is 0 Å². The molecule has 134 valence electrons. The second-order valence-corrected chi connectivity index (χ2v) is 5.95.